The number of benzene rings is 1. The van der Waals surface area contributed by atoms with Crippen molar-refractivity contribution in [3.05, 3.63) is 63.5 Å². The lowest BCUT2D eigenvalue weighted by atomic mass is 9.93. The van der Waals surface area contributed by atoms with Crippen molar-refractivity contribution < 1.29 is 0 Å². The Morgan fingerprint density at radius 3 is 2.31 bits per heavy atom. The first kappa shape index (κ1) is 25.0. The second kappa shape index (κ2) is 11.9. The maximum atomic E-state index is 4.72. The molecule has 0 bridgehead atoms. The average Bonchev–Trinajstić information content (AvgIpc) is 2.68. The fourth-order valence-electron chi connectivity index (χ4n) is 4.67. The van der Waals surface area contributed by atoms with Crippen LogP contribution in [0.1, 0.15) is 75.1 Å². The number of alkyl halides is 1. The topological polar surface area (TPSA) is 0 Å². The van der Waals surface area contributed by atoms with Gasteiger partial charge in [-0.1, -0.05) is 72.5 Å². The summed E-state index contributed by atoms with van der Waals surface area (Å²) >= 11 is 8.18. The molecule has 3 heteroatoms. The number of hydrogen-bond donors (Lipinski definition) is 1. The largest absolute Gasteiger partial charge is 0.175 e. The molecule has 0 amide bonds. The lowest BCUT2D eigenvalue weighted by molar-refractivity contribution is 0.703. The van der Waals surface area contributed by atoms with E-state index in [9.17, 15) is 0 Å². The molecule has 0 aromatic heterocycles. The molecule has 160 valence electrons. The van der Waals surface area contributed by atoms with Crippen LogP contribution in [0, 0.1) is 19.8 Å². The molecule has 0 spiro atoms. The van der Waals surface area contributed by atoms with Crippen molar-refractivity contribution in [2.45, 2.75) is 72.5 Å². The summed E-state index contributed by atoms with van der Waals surface area (Å²) in [4.78, 5) is 0. The van der Waals surface area contributed by atoms with Crippen molar-refractivity contribution in [2.75, 3.05) is 11.5 Å². The van der Waals surface area contributed by atoms with Gasteiger partial charge in [-0.3, -0.25) is 0 Å². The van der Waals surface area contributed by atoms with E-state index >= 15 is 0 Å². The fourth-order valence-corrected chi connectivity index (χ4v) is 8.25. The first-order chi connectivity index (χ1) is 13.8. The highest BCUT2D eigenvalue weighted by Crippen LogP contribution is 2.62. The Bertz CT molecular complexity index is 767. The number of hydrogen-bond acceptors (Lipinski definition) is 1. The molecule has 0 heterocycles. The molecule has 2 atom stereocenters. The van der Waals surface area contributed by atoms with Crippen LogP contribution in [0.3, 0.4) is 0 Å². The number of halogens is 1. The van der Waals surface area contributed by atoms with Gasteiger partial charge in [-0.2, -0.15) is 12.6 Å². The monoisotopic (exact) mass is 492 g/mol. The van der Waals surface area contributed by atoms with Crippen LogP contribution in [0.15, 0.2) is 41.2 Å². The Kier molecular flexibility index (Phi) is 10.3. The van der Waals surface area contributed by atoms with Crippen LogP contribution in [0.4, 0.5) is 0 Å². The van der Waals surface area contributed by atoms with Gasteiger partial charge in [0.25, 0.3) is 0 Å². The van der Waals surface area contributed by atoms with Gasteiger partial charge in [0.15, 0.2) is 0 Å². The summed E-state index contributed by atoms with van der Waals surface area (Å²) in [5.41, 5.74) is 8.48. The second-order valence-electron chi connectivity index (χ2n) is 8.52. The molecular weight excluding hydrogens is 455 g/mol. The van der Waals surface area contributed by atoms with E-state index in [0.29, 0.717) is 5.92 Å². The van der Waals surface area contributed by atoms with Gasteiger partial charge in [0.2, 0.25) is 0 Å². The van der Waals surface area contributed by atoms with Gasteiger partial charge in [0.1, 0.15) is 0 Å². The van der Waals surface area contributed by atoms with E-state index in [4.69, 9.17) is 6.58 Å². The molecule has 1 aliphatic rings. The van der Waals surface area contributed by atoms with E-state index < -0.39 is 7.92 Å². The lowest BCUT2D eigenvalue weighted by Gasteiger charge is -2.32. The Hall–Kier alpha value is -0.300. The van der Waals surface area contributed by atoms with Gasteiger partial charge in [-0.05, 0) is 99.0 Å². The molecule has 0 aliphatic heterocycles. The Balaban J connectivity index is 2.44. The van der Waals surface area contributed by atoms with Crippen molar-refractivity contribution >= 4 is 41.8 Å². The summed E-state index contributed by atoms with van der Waals surface area (Å²) in [6, 6.07) is 4.60. The number of aryl methyl sites for hydroxylation is 2. The predicted octanol–water partition coefficient (Wildman–Crippen LogP) is 9.40. The Labute approximate surface area is 194 Å². The van der Waals surface area contributed by atoms with E-state index in [0.717, 1.165) is 11.1 Å². The maximum Gasteiger partial charge on any atom is 0.0154 e. The van der Waals surface area contributed by atoms with Gasteiger partial charge in [-0.25, -0.2) is 0 Å². The molecule has 0 fully saturated rings. The molecule has 0 radical (unpaired) electrons. The first-order valence-corrected chi connectivity index (χ1v) is 14.2. The van der Waals surface area contributed by atoms with Crippen LogP contribution in [0.2, 0.25) is 0 Å². The molecule has 0 saturated heterocycles. The third kappa shape index (κ3) is 6.34. The van der Waals surface area contributed by atoms with E-state index in [1.807, 2.05) is 0 Å². The Morgan fingerprint density at radius 2 is 1.79 bits per heavy atom. The summed E-state index contributed by atoms with van der Waals surface area (Å²) in [6.45, 7) is 16.2. The van der Waals surface area contributed by atoms with Gasteiger partial charge in [-0.15, -0.1) is 0 Å². The fraction of sp³-hybridized carbons (Fsp3) is 0.538. The molecule has 1 aromatic carbocycles. The molecule has 1 aromatic rings. The highest BCUT2D eigenvalue weighted by molar-refractivity contribution is 9.09. The predicted molar refractivity (Wildman–Crippen MR) is 142 cm³/mol. The average molecular weight is 494 g/mol. The minimum atomic E-state index is -0.400. The summed E-state index contributed by atoms with van der Waals surface area (Å²) in [7, 11) is -0.400. The molecular formula is C26H38BrPS. The number of allylic oxidation sites excluding steroid dienone is 4. The van der Waals surface area contributed by atoms with Crippen LogP contribution in [0.5, 0.6) is 0 Å². The normalized spacial score (nSPS) is 18.0. The molecule has 2 unspecified atom stereocenters. The standard InChI is InChI=1S/C26H38BrPS/c1-7-8-9-10-11-28(26-20(4)14-23(16-27)15-21(26)5)22(6)25-18(2)12-24(17-29)13-19(25)3/h12-14,23,29H,6-11,15-17H2,1-5H3. The highest BCUT2D eigenvalue weighted by atomic mass is 79.9. The molecule has 0 saturated carbocycles. The third-order valence-electron chi connectivity index (χ3n) is 5.92. The molecule has 0 nitrogen and oxygen atoms in total. The van der Waals surface area contributed by atoms with Crippen LogP contribution >= 0.6 is 36.5 Å². The van der Waals surface area contributed by atoms with Crippen LogP contribution in [0.25, 0.3) is 5.31 Å². The summed E-state index contributed by atoms with van der Waals surface area (Å²) in [6.07, 6.45) is 10.2. The van der Waals surface area contributed by atoms with E-state index in [-0.39, 0.29) is 0 Å². The first-order valence-electron chi connectivity index (χ1n) is 11.0. The number of unbranched alkanes of at least 4 members (excludes halogenated alkanes) is 3. The zero-order valence-electron chi connectivity index (χ0n) is 18.9. The summed E-state index contributed by atoms with van der Waals surface area (Å²) in [5.74, 6) is 1.42. The summed E-state index contributed by atoms with van der Waals surface area (Å²) in [5, 5.41) is 4.04. The molecule has 0 N–H and O–H groups in total. The molecule has 1 aliphatic carbocycles. The lowest BCUT2D eigenvalue weighted by Crippen LogP contribution is -2.09. The van der Waals surface area contributed by atoms with Crippen molar-refractivity contribution in [3.63, 3.8) is 0 Å². The molecule has 2 rings (SSSR count). The second-order valence-corrected chi connectivity index (χ2v) is 11.8. The van der Waals surface area contributed by atoms with E-state index in [2.05, 4.69) is 81.4 Å². The minimum Gasteiger partial charge on any atom is -0.175 e. The van der Waals surface area contributed by atoms with E-state index in [1.165, 1.54) is 71.4 Å². The minimum absolute atomic E-state index is 0.400. The van der Waals surface area contributed by atoms with Crippen molar-refractivity contribution in [1.29, 1.82) is 0 Å². The third-order valence-corrected chi connectivity index (χ3v) is 10.0. The SMILES string of the molecule is C=C(c1c(C)cc(CS)cc1C)P(CCCCCC)C1=C(C)CC(CBr)C=C1C. The van der Waals surface area contributed by atoms with Crippen LogP contribution < -0.4 is 0 Å². The quantitative estimate of drug-likeness (QED) is 0.143. The number of rotatable bonds is 10. The Morgan fingerprint density at radius 1 is 1.14 bits per heavy atom. The number of thiol groups is 1. The summed E-state index contributed by atoms with van der Waals surface area (Å²) < 4.78 is 0. The van der Waals surface area contributed by atoms with Crippen molar-refractivity contribution in [1.82, 2.24) is 0 Å². The maximum absolute atomic E-state index is 4.72. The van der Waals surface area contributed by atoms with Gasteiger partial charge < -0.3 is 0 Å². The zero-order valence-corrected chi connectivity index (χ0v) is 22.3. The molecule has 29 heavy (non-hydrogen) atoms. The van der Waals surface area contributed by atoms with Gasteiger partial charge >= 0.3 is 0 Å². The smallest absolute Gasteiger partial charge is 0.0154 e. The van der Waals surface area contributed by atoms with Crippen LogP contribution in [-0.4, -0.2) is 11.5 Å². The van der Waals surface area contributed by atoms with Crippen molar-refractivity contribution in [2.24, 2.45) is 5.92 Å². The van der Waals surface area contributed by atoms with Crippen molar-refractivity contribution in [3.8, 4) is 0 Å². The zero-order chi connectivity index (χ0) is 21.6. The van der Waals surface area contributed by atoms with E-state index in [1.54, 1.807) is 10.9 Å². The highest BCUT2D eigenvalue weighted by Gasteiger charge is 2.27. The van der Waals surface area contributed by atoms with Crippen LogP contribution in [-0.2, 0) is 5.75 Å². The van der Waals surface area contributed by atoms with Gasteiger partial charge in [0, 0.05) is 11.1 Å². The van der Waals surface area contributed by atoms with Gasteiger partial charge in [0.05, 0.1) is 0 Å².